The molecule has 0 aliphatic carbocycles. The molecule has 2 heteroatoms. The topological polar surface area (TPSA) is 18.5 Å². The van der Waals surface area contributed by atoms with Crippen LogP contribution in [0.4, 0.5) is 0 Å². The van der Waals surface area contributed by atoms with Crippen molar-refractivity contribution < 1.29 is 9.47 Å². The van der Waals surface area contributed by atoms with Crippen LogP contribution >= 0.6 is 0 Å². The summed E-state index contributed by atoms with van der Waals surface area (Å²) in [5.41, 5.74) is 0. The second-order valence-electron chi connectivity index (χ2n) is 8.08. The van der Waals surface area contributed by atoms with E-state index in [-0.39, 0.29) is 6.29 Å². The molecule has 0 spiro atoms. The molecule has 0 radical (unpaired) electrons. The van der Waals surface area contributed by atoms with Crippen molar-refractivity contribution in [2.45, 2.75) is 148 Å². The van der Waals surface area contributed by atoms with Crippen LogP contribution in [0.15, 0.2) is 0 Å². The summed E-state index contributed by atoms with van der Waals surface area (Å²) in [5, 5.41) is 0. The molecule has 0 aromatic rings. The Hall–Kier alpha value is -0.0800. The lowest BCUT2D eigenvalue weighted by Gasteiger charge is -2.36. The van der Waals surface area contributed by atoms with Gasteiger partial charge >= 0.3 is 0 Å². The lowest BCUT2D eigenvalue weighted by molar-refractivity contribution is -0.247. The van der Waals surface area contributed by atoms with Crippen LogP contribution in [0, 0.1) is 0 Å². The zero-order valence-corrected chi connectivity index (χ0v) is 17.6. The fourth-order valence-electron chi connectivity index (χ4n) is 3.89. The minimum atomic E-state index is 0.0709. The molecule has 1 aliphatic heterocycles. The normalized spacial score (nSPS) is 23.9. The van der Waals surface area contributed by atoms with Gasteiger partial charge in [-0.3, -0.25) is 0 Å². The van der Waals surface area contributed by atoms with E-state index < -0.39 is 0 Å². The predicted molar refractivity (Wildman–Crippen MR) is 109 cm³/mol. The van der Waals surface area contributed by atoms with Gasteiger partial charge in [-0.2, -0.15) is 0 Å². The van der Waals surface area contributed by atoms with Gasteiger partial charge in [-0.05, 0) is 32.1 Å². The largest absolute Gasteiger partial charge is 0.349 e. The summed E-state index contributed by atoms with van der Waals surface area (Å²) < 4.78 is 12.6. The van der Waals surface area contributed by atoms with Gasteiger partial charge in [0.15, 0.2) is 6.29 Å². The standard InChI is InChI=1S/C23H46O2/c1-4-7-10-12-15-17-21-20-22(18-16-13-11-8-5-2)25-23(24-21)19-14-9-6-3/h21-23H,4-20H2,1-3H3. The van der Waals surface area contributed by atoms with E-state index >= 15 is 0 Å². The van der Waals surface area contributed by atoms with Gasteiger partial charge in [0.1, 0.15) is 0 Å². The molecule has 0 N–H and O–H groups in total. The smallest absolute Gasteiger partial charge is 0.158 e. The van der Waals surface area contributed by atoms with Gasteiger partial charge in [0.25, 0.3) is 0 Å². The molecule has 1 fully saturated rings. The van der Waals surface area contributed by atoms with Crippen LogP contribution in [-0.4, -0.2) is 18.5 Å². The molecule has 2 nitrogen and oxygen atoms in total. The fraction of sp³-hybridized carbons (Fsp3) is 1.00. The molecule has 2 atom stereocenters. The lowest BCUT2D eigenvalue weighted by Crippen LogP contribution is -2.38. The number of ether oxygens (including phenoxy) is 2. The molecule has 0 bridgehead atoms. The summed E-state index contributed by atoms with van der Waals surface area (Å²) >= 11 is 0. The molecule has 0 amide bonds. The third-order valence-electron chi connectivity index (χ3n) is 5.52. The van der Waals surface area contributed by atoms with Crippen molar-refractivity contribution >= 4 is 0 Å². The van der Waals surface area contributed by atoms with E-state index in [2.05, 4.69) is 20.8 Å². The Bertz CT molecular complexity index is 257. The highest BCUT2D eigenvalue weighted by atomic mass is 16.7. The third kappa shape index (κ3) is 12.0. The van der Waals surface area contributed by atoms with Crippen LogP contribution in [0.1, 0.15) is 130 Å². The highest BCUT2D eigenvalue weighted by Crippen LogP contribution is 2.28. The first-order valence-corrected chi connectivity index (χ1v) is 11.6. The average molecular weight is 355 g/mol. The Morgan fingerprint density at radius 1 is 0.520 bits per heavy atom. The molecule has 150 valence electrons. The maximum Gasteiger partial charge on any atom is 0.158 e. The maximum atomic E-state index is 6.29. The van der Waals surface area contributed by atoms with E-state index in [1.807, 2.05) is 0 Å². The summed E-state index contributed by atoms with van der Waals surface area (Å²) in [6.45, 7) is 6.84. The molecule has 1 aliphatic rings. The van der Waals surface area contributed by atoms with Crippen molar-refractivity contribution in [1.29, 1.82) is 0 Å². The van der Waals surface area contributed by atoms with Crippen molar-refractivity contribution in [3.63, 3.8) is 0 Å². The highest BCUT2D eigenvalue weighted by molar-refractivity contribution is 4.73. The molecule has 2 unspecified atom stereocenters. The Morgan fingerprint density at radius 3 is 1.40 bits per heavy atom. The van der Waals surface area contributed by atoms with Crippen LogP contribution < -0.4 is 0 Å². The van der Waals surface area contributed by atoms with Gasteiger partial charge in [0, 0.05) is 0 Å². The van der Waals surface area contributed by atoms with Crippen molar-refractivity contribution in [1.82, 2.24) is 0 Å². The Balaban J connectivity index is 2.30. The number of hydrogen-bond acceptors (Lipinski definition) is 2. The van der Waals surface area contributed by atoms with Gasteiger partial charge in [0.2, 0.25) is 0 Å². The predicted octanol–water partition coefficient (Wildman–Crippen LogP) is 7.79. The van der Waals surface area contributed by atoms with Crippen LogP contribution in [0.2, 0.25) is 0 Å². The maximum absolute atomic E-state index is 6.29. The van der Waals surface area contributed by atoms with Crippen molar-refractivity contribution in [3.05, 3.63) is 0 Å². The second-order valence-corrected chi connectivity index (χ2v) is 8.08. The number of unbranched alkanes of at least 4 members (excludes halogenated alkanes) is 10. The molecule has 1 saturated heterocycles. The highest BCUT2D eigenvalue weighted by Gasteiger charge is 2.29. The molecule has 0 saturated carbocycles. The van der Waals surface area contributed by atoms with Gasteiger partial charge in [-0.15, -0.1) is 0 Å². The monoisotopic (exact) mass is 354 g/mol. The van der Waals surface area contributed by atoms with Crippen molar-refractivity contribution in [2.75, 3.05) is 0 Å². The summed E-state index contributed by atoms with van der Waals surface area (Å²) in [4.78, 5) is 0. The molecular formula is C23H46O2. The molecular weight excluding hydrogens is 308 g/mol. The van der Waals surface area contributed by atoms with E-state index in [0.717, 1.165) is 12.8 Å². The number of rotatable bonds is 16. The van der Waals surface area contributed by atoms with Crippen LogP contribution in [0.3, 0.4) is 0 Å². The second kappa shape index (κ2) is 16.1. The quantitative estimate of drug-likeness (QED) is 0.263. The van der Waals surface area contributed by atoms with Gasteiger partial charge in [-0.1, -0.05) is 97.8 Å². The van der Waals surface area contributed by atoms with Crippen molar-refractivity contribution in [2.24, 2.45) is 0 Å². The van der Waals surface area contributed by atoms with E-state index in [1.54, 1.807) is 0 Å². The minimum absolute atomic E-state index is 0.0709. The summed E-state index contributed by atoms with van der Waals surface area (Å²) in [7, 11) is 0. The summed E-state index contributed by atoms with van der Waals surface area (Å²) in [6.07, 6.45) is 23.1. The number of hydrogen-bond donors (Lipinski definition) is 0. The Kier molecular flexibility index (Phi) is 14.8. The SMILES string of the molecule is CCCCCCCC1CC(CCCCCCC)OC(CCCCC)O1. The first-order valence-electron chi connectivity index (χ1n) is 11.6. The third-order valence-corrected chi connectivity index (χ3v) is 5.52. The molecule has 0 aromatic carbocycles. The first-order chi connectivity index (χ1) is 12.3. The molecule has 25 heavy (non-hydrogen) atoms. The minimum Gasteiger partial charge on any atom is -0.349 e. The zero-order chi connectivity index (χ0) is 18.2. The van der Waals surface area contributed by atoms with Gasteiger partial charge < -0.3 is 9.47 Å². The molecule has 1 heterocycles. The van der Waals surface area contributed by atoms with Crippen molar-refractivity contribution in [3.8, 4) is 0 Å². The first kappa shape index (κ1) is 23.0. The van der Waals surface area contributed by atoms with E-state index in [1.165, 1.54) is 96.3 Å². The Morgan fingerprint density at radius 2 is 0.920 bits per heavy atom. The van der Waals surface area contributed by atoms with E-state index in [0.29, 0.717) is 12.2 Å². The zero-order valence-electron chi connectivity index (χ0n) is 17.6. The molecule has 0 aromatic heterocycles. The summed E-state index contributed by atoms with van der Waals surface area (Å²) in [5.74, 6) is 0. The Labute approximate surface area is 158 Å². The van der Waals surface area contributed by atoms with Gasteiger partial charge in [-0.25, -0.2) is 0 Å². The average Bonchev–Trinajstić information content (AvgIpc) is 2.61. The van der Waals surface area contributed by atoms with Crippen LogP contribution in [0.25, 0.3) is 0 Å². The van der Waals surface area contributed by atoms with Crippen LogP contribution in [0.5, 0.6) is 0 Å². The fourth-order valence-corrected chi connectivity index (χ4v) is 3.89. The molecule has 1 rings (SSSR count). The van der Waals surface area contributed by atoms with E-state index in [9.17, 15) is 0 Å². The van der Waals surface area contributed by atoms with E-state index in [4.69, 9.17) is 9.47 Å². The van der Waals surface area contributed by atoms with Crippen LogP contribution in [-0.2, 0) is 9.47 Å². The summed E-state index contributed by atoms with van der Waals surface area (Å²) in [6, 6.07) is 0. The lowest BCUT2D eigenvalue weighted by atomic mass is 9.98. The van der Waals surface area contributed by atoms with Gasteiger partial charge in [0.05, 0.1) is 12.2 Å².